The van der Waals surface area contributed by atoms with E-state index in [1.54, 1.807) is 6.07 Å². The topological polar surface area (TPSA) is 111 Å². The average molecular weight is 423 g/mol. The van der Waals surface area contributed by atoms with Gasteiger partial charge in [-0.3, -0.25) is 14.9 Å². The first-order valence-electron chi connectivity index (χ1n) is 8.45. The van der Waals surface area contributed by atoms with Crippen LogP contribution in [-0.2, 0) is 4.79 Å². The number of fused-ring (bicyclic) bond motifs is 1. The number of hydrogen-bond acceptors (Lipinski definition) is 8. The summed E-state index contributed by atoms with van der Waals surface area (Å²) in [6, 6.07) is 15.6. The summed E-state index contributed by atoms with van der Waals surface area (Å²) in [5.41, 5.74) is 2.80. The van der Waals surface area contributed by atoms with E-state index in [9.17, 15) is 14.9 Å². The van der Waals surface area contributed by atoms with E-state index in [2.05, 4.69) is 19.7 Å². The first-order chi connectivity index (χ1) is 14.1. The SMILES string of the molecule is O=C(CSc1ncnc2c(-c3ccccc3)nsc12)Nc1cccc([N+](=O)[O-])c1. The lowest BCUT2D eigenvalue weighted by Gasteiger charge is -2.05. The quantitative estimate of drug-likeness (QED) is 0.212. The largest absolute Gasteiger partial charge is 0.325 e. The Labute approximate surface area is 173 Å². The molecule has 0 unspecified atom stereocenters. The minimum Gasteiger partial charge on any atom is -0.325 e. The van der Waals surface area contributed by atoms with Crippen LogP contribution in [0, 0.1) is 10.1 Å². The molecule has 0 fully saturated rings. The van der Waals surface area contributed by atoms with Gasteiger partial charge in [-0.25, -0.2) is 9.97 Å². The second-order valence-electron chi connectivity index (χ2n) is 5.90. The molecule has 144 valence electrons. The maximum Gasteiger partial charge on any atom is 0.271 e. The molecular weight excluding hydrogens is 410 g/mol. The second-order valence-corrected chi connectivity index (χ2v) is 7.64. The summed E-state index contributed by atoms with van der Waals surface area (Å²) in [4.78, 5) is 31.3. The van der Waals surface area contributed by atoms with Crippen LogP contribution in [0.3, 0.4) is 0 Å². The van der Waals surface area contributed by atoms with Crippen molar-refractivity contribution >= 4 is 50.8 Å². The van der Waals surface area contributed by atoms with Gasteiger partial charge in [-0.2, -0.15) is 4.37 Å². The first kappa shape index (κ1) is 19.0. The molecule has 8 nitrogen and oxygen atoms in total. The normalized spacial score (nSPS) is 10.8. The van der Waals surface area contributed by atoms with Gasteiger partial charge in [-0.15, -0.1) is 0 Å². The molecule has 10 heteroatoms. The zero-order chi connectivity index (χ0) is 20.2. The van der Waals surface area contributed by atoms with E-state index in [-0.39, 0.29) is 17.3 Å². The van der Waals surface area contributed by atoms with E-state index in [1.807, 2.05) is 30.3 Å². The third-order valence-electron chi connectivity index (χ3n) is 3.95. The number of carbonyl (C=O) groups is 1. The molecule has 0 aliphatic carbocycles. The van der Waals surface area contributed by atoms with Gasteiger partial charge in [0.05, 0.1) is 10.7 Å². The maximum absolute atomic E-state index is 12.3. The number of nitro benzene ring substituents is 1. The Morgan fingerprint density at radius 1 is 1.14 bits per heavy atom. The molecule has 4 aromatic rings. The van der Waals surface area contributed by atoms with Crippen LogP contribution in [0.2, 0.25) is 0 Å². The van der Waals surface area contributed by atoms with Crippen LogP contribution >= 0.6 is 23.3 Å². The molecule has 2 aromatic heterocycles. The van der Waals surface area contributed by atoms with Gasteiger partial charge < -0.3 is 5.32 Å². The van der Waals surface area contributed by atoms with Gasteiger partial charge in [0.15, 0.2) is 0 Å². The summed E-state index contributed by atoms with van der Waals surface area (Å²) in [7, 11) is 0. The zero-order valence-corrected chi connectivity index (χ0v) is 16.4. The third-order valence-corrected chi connectivity index (χ3v) is 5.91. The van der Waals surface area contributed by atoms with E-state index in [0.29, 0.717) is 10.7 Å². The molecule has 0 bridgehead atoms. The number of aromatic nitrogens is 3. The maximum atomic E-state index is 12.3. The van der Waals surface area contributed by atoms with Crippen LogP contribution in [-0.4, -0.2) is 30.9 Å². The molecule has 0 radical (unpaired) electrons. The van der Waals surface area contributed by atoms with Crippen LogP contribution < -0.4 is 5.32 Å². The van der Waals surface area contributed by atoms with Crippen LogP contribution in [0.15, 0.2) is 66.0 Å². The van der Waals surface area contributed by atoms with Crippen molar-refractivity contribution in [1.82, 2.24) is 14.3 Å². The van der Waals surface area contributed by atoms with E-state index in [1.165, 1.54) is 47.8 Å². The molecule has 29 heavy (non-hydrogen) atoms. The number of thioether (sulfide) groups is 1. The van der Waals surface area contributed by atoms with Crippen molar-refractivity contribution in [3.63, 3.8) is 0 Å². The number of carbonyl (C=O) groups excluding carboxylic acids is 1. The minimum atomic E-state index is -0.504. The fourth-order valence-electron chi connectivity index (χ4n) is 2.66. The predicted molar refractivity (Wildman–Crippen MR) is 113 cm³/mol. The highest BCUT2D eigenvalue weighted by Crippen LogP contribution is 2.34. The van der Waals surface area contributed by atoms with Crippen LogP contribution in [0.4, 0.5) is 11.4 Å². The van der Waals surface area contributed by atoms with E-state index in [4.69, 9.17) is 0 Å². The number of hydrogen-bond donors (Lipinski definition) is 1. The summed E-state index contributed by atoms with van der Waals surface area (Å²) in [6.45, 7) is 0. The molecule has 1 N–H and O–H groups in total. The second kappa shape index (κ2) is 8.33. The Kier molecular flexibility index (Phi) is 5.45. The zero-order valence-electron chi connectivity index (χ0n) is 14.8. The van der Waals surface area contributed by atoms with Gasteiger partial charge in [0.25, 0.3) is 5.69 Å². The van der Waals surface area contributed by atoms with Crippen molar-refractivity contribution in [2.75, 3.05) is 11.1 Å². The Hall–Kier alpha value is -3.37. The molecule has 0 aliphatic heterocycles. The lowest BCUT2D eigenvalue weighted by molar-refractivity contribution is -0.384. The average Bonchev–Trinajstić information content (AvgIpc) is 3.18. The summed E-state index contributed by atoms with van der Waals surface area (Å²) < 4.78 is 5.33. The Morgan fingerprint density at radius 2 is 1.97 bits per heavy atom. The standard InChI is InChI=1S/C19H13N5O3S2/c25-15(22-13-7-4-8-14(9-13)24(26)27)10-28-19-18-17(20-11-21-19)16(23-29-18)12-5-2-1-3-6-12/h1-9,11H,10H2,(H,22,25). The number of benzene rings is 2. The Morgan fingerprint density at radius 3 is 2.76 bits per heavy atom. The lowest BCUT2D eigenvalue weighted by atomic mass is 10.1. The number of amides is 1. The monoisotopic (exact) mass is 423 g/mol. The van der Waals surface area contributed by atoms with Crippen molar-refractivity contribution in [2.45, 2.75) is 5.03 Å². The highest BCUT2D eigenvalue weighted by atomic mass is 32.2. The molecule has 2 aromatic carbocycles. The third kappa shape index (κ3) is 4.23. The number of anilines is 1. The molecule has 1 amide bonds. The van der Waals surface area contributed by atoms with Crippen LogP contribution in [0.1, 0.15) is 0 Å². The van der Waals surface area contributed by atoms with E-state index >= 15 is 0 Å². The highest BCUT2D eigenvalue weighted by Gasteiger charge is 2.15. The molecule has 2 heterocycles. The highest BCUT2D eigenvalue weighted by molar-refractivity contribution is 8.00. The molecule has 0 aliphatic rings. The summed E-state index contributed by atoms with van der Waals surface area (Å²) >= 11 is 2.56. The fourth-order valence-corrected chi connectivity index (χ4v) is 4.38. The van der Waals surface area contributed by atoms with Crippen molar-refractivity contribution in [2.24, 2.45) is 0 Å². The van der Waals surface area contributed by atoms with Crippen LogP contribution in [0.25, 0.3) is 21.5 Å². The molecule has 0 saturated carbocycles. The van der Waals surface area contributed by atoms with Gasteiger partial charge in [0.2, 0.25) is 5.91 Å². The molecule has 4 rings (SSSR count). The number of nitro groups is 1. The van der Waals surface area contributed by atoms with Crippen molar-refractivity contribution < 1.29 is 9.72 Å². The number of non-ortho nitro benzene ring substituents is 1. The van der Waals surface area contributed by atoms with E-state index in [0.717, 1.165) is 21.5 Å². The van der Waals surface area contributed by atoms with Crippen LogP contribution in [0.5, 0.6) is 0 Å². The Balaban J connectivity index is 1.49. The van der Waals surface area contributed by atoms with Crippen molar-refractivity contribution in [3.05, 3.63) is 71.0 Å². The van der Waals surface area contributed by atoms with E-state index < -0.39 is 4.92 Å². The van der Waals surface area contributed by atoms with Gasteiger partial charge in [0, 0.05) is 23.4 Å². The minimum absolute atomic E-state index is 0.0777. The first-order valence-corrected chi connectivity index (χ1v) is 10.2. The molecular formula is C19H13N5O3S2. The molecule has 0 spiro atoms. The number of nitrogens with zero attached hydrogens (tertiary/aromatic N) is 4. The Bertz CT molecular complexity index is 1200. The predicted octanol–water partition coefficient (Wildman–Crippen LogP) is 4.39. The van der Waals surface area contributed by atoms with Gasteiger partial charge in [-0.1, -0.05) is 48.2 Å². The lowest BCUT2D eigenvalue weighted by Crippen LogP contribution is -2.14. The van der Waals surface area contributed by atoms with Crippen molar-refractivity contribution in [1.29, 1.82) is 0 Å². The van der Waals surface area contributed by atoms with Gasteiger partial charge in [0.1, 0.15) is 27.3 Å². The van der Waals surface area contributed by atoms with Gasteiger partial charge in [-0.05, 0) is 17.6 Å². The summed E-state index contributed by atoms with van der Waals surface area (Å²) in [5, 5.41) is 14.2. The smallest absolute Gasteiger partial charge is 0.271 e. The number of rotatable bonds is 6. The summed E-state index contributed by atoms with van der Waals surface area (Å²) in [5.74, 6) is -0.178. The number of nitrogens with one attached hydrogen (secondary N) is 1. The molecule has 0 atom stereocenters. The van der Waals surface area contributed by atoms with Gasteiger partial charge >= 0.3 is 0 Å². The summed E-state index contributed by atoms with van der Waals surface area (Å²) in [6.07, 6.45) is 1.46. The fraction of sp³-hybridized carbons (Fsp3) is 0.0526. The molecule has 0 saturated heterocycles. The van der Waals surface area contributed by atoms with Crippen molar-refractivity contribution in [3.8, 4) is 11.3 Å².